The van der Waals surface area contributed by atoms with Gasteiger partial charge < -0.3 is 19.0 Å². The van der Waals surface area contributed by atoms with Gasteiger partial charge in [-0.25, -0.2) is 4.79 Å². The van der Waals surface area contributed by atoms with Crippen LogP contribution in [0.25, 0.3) is 11.0 Å². The zero-order valence-electron chi connectivity index (χ0n) is 15.0. The second kappa shape index (κ2) is 8.03. The Hall–Kier alpha value is -2.53. The van der Waals surface area contributed by atoms with Crippen molar-refractivity contribution in [3.05, 3.63) is 58.5 Å². The average Bonchev–Trinajstić information content (AvgIpc) is 2.53. The molecule has 5 heteroatoms. The third-order valence-corrected chi connectivity index (χ3v) is 3.55. The molecule has 0 atom stereocenters. The minimum atomic E-state index is -0.806. The van der Waals surface area contributed by atoms with Crippen LogP contribution in [-0.2, 0) is 0 Å². The molecular weight excluding hydrogens is 320 g/mol. The van der Waals surface area contributed by atoms with Crippen LogP contribution < -0.4 is 15.1 Å². The van der Waals surface area contributed by atoms with Crippen LogP contribution in [0.5, 0.6) is 11.5 Å². The van der Waals surface area contributed by atoms with Gasteiger partial charge in [0.25, 0.3) is 0 Å². The average molecular weight is 344 g/mol. The summed E-state index contributed by atoms with van der Waals surface area (Å²) in [5.74, 6) is 0.920. The highest BCUT2D eigenvalue weighted by Crippen LogP contribution is 2.34. The molecule has 0 aliphatic carbocycles. The van der Waals surface area contributed by atoms with Gasteiger partial charge in [-0.2, -0.15) is 0 Å². The van der Waals surface area contributed by atoms with Crippen LogP contribution in [0.3, 0.4) is 0 Å². The van der Waals surface area contributed by atoms with Gasteiger partial charge in [0, 0.05) is 11.5 Å². The molecule has 0 saturated heterocycles. The smallest absolute Gasteiger partial charge is 0.336 e. The first-order chi connectivity index (χ1) is 11.8. The predicted molar refractivity (Wildman–Crippen MR) is 98.3 cm³/mol. The zero-order chi connectivity index (χ0) is 18.4. The van der Waals surface area contributed by atoms with Crippen LogP contribution in [0.2, 0.25) is 0 Å². The van der Waals surface area contributed by atoms with Crippen LogP contribution in [0.15, 0.2) is 57.3 Å². The van der Waals surface area contributed by atoms with Crippen molar-refractivity contribution in [2.75, 3.05) is 13.7 Å². The minimum Gasteiger partial charge on any atom is -0.490 e. The molecule has 1 aromatic carbocycles. The summed E-state index contributed by atoms with van der Waals surface area (Å²) in [7, 11) is 1.51. The zero-order valence-corrected chi connectivity index (χ0v) is 15.0. The van der Waals surface area contributed by atoms with Crippen molar-refractivity contribution >= 4 is 11.0 Å². The van der Waals surface area contributed by atoms with Gasteiger partial charge in [0.2, 0.25) is 5.75 Å². The molecule has 0 spiro atoms. The molecule has 5 nitrogen and oxygen atoms in total. The fourth-order valence-corrected chi connectivity index (χ4v) is 2.29. The first-order valence-corrected chi connectivity index (χ1v) is 8.09. The fraction of sp³-hybridized carbons (Fsp3) is 0.350. The van der Waals surface area contributed by atoms with E-state index in [1.54, 1.807) is 32.1 Å². The number of ether oxygens (including phenoxy) is 2. The van der Waals surface area contributed by atoms with Gasteiger partial charge in [0.1, 0.15) is 6.61 Å². The van der Waals surface area contributed by atoms with Crippen LogP contribution in [0.4, 0.5) is 0 Å². The Balaban J connectivity index is 2.09. The van der Waals surface area contributed by atoms with E-state index in [2.05, 4.69) is 0 Å². The maximum Gasteiger partial charge on any atom is 0.336 e. The lowest BCUT2D eigenvalue weighted by atomic mass is 10.1. The summed E-state index contributed by atoms with van der Waals surface area (Å²) in [5, 5.41) is 10.4. The first kappa shape index (κ1) is 18.8. The Morgan fingerprint density at radius 1 is 1.28 bits per heavy atom. The molecule has 0 amide bonds. The van der Waals surface area contributed by atoms with E-state index in [0.29, 0.717) is 23.7 Å². The number of hydrogen-bond donors (Lipinski definition) is 1. The summed E-state index contributed by atoms with van der Waals surface area (Å²) >= 11 is 0. The molecule has 0 bridgehead atoms. The Bertz CT molecular complexity index is 837. The van der Waals surface area contributed by atoms with Gasteiger partial charge >= 0.3 is 5.63 Å². The highest BCUT2D eigenvalue weighted by Gasteiger charge is 2.12. The predicted octanol–water partition coefficient (Wildman–Crippen LogP) is 3.84. The van der Waals surface area contributed by atoms with E-state index in [0.717, 1.165) is 17.4 Å². The molecule has 1 aromatic heterocycles. The van der Waals surface area contributed by atoms with Crippen molar-refractivity contribution in [3.8, 4) is 11.5 Å². The Morgan fingerprint density at radius 2 is 2.00 bits per heavy atom. The lowest BCUT2D eigenvalue weighted by Gasteiger charge is -2.11. The van der Waals surface area contributed by atoms with Crippen molar-refractivity contribution in [1.82, 2.24) is 0 Å². The third kappa shape index (κ3) is 5.50. The van der Waals surface area contributed by atoms with Gasteiger partial charge in [0.15, 0.2) is 11.3 Å². The molecule has 2 aromatic rings. The molecule has 0 saturated carbocycles. The third-order valence-electron chi connectivity index (χ3n) is 3.55. The van der Waals surface area contributed by atoms with E-state index in [1.807, 2.05) is 25.1 Å². The molecule has 0 aliphatic heterocycles. The highest BCUT2D eigenvalue weighted by molar-refractivity contribution is 5.85. The van der Waals surface area contributed by atoms with Crippen LogP contribution in [-0.4, -0.2) is 24.4 Å². The lowest BCUT2D eigenvalue weighted by Crippen LogP contribution is -2.13. The van der Waals surface area contributed by atoms with E-state index < -0.39 is 11.2 Å². The standard InChI is InChI=1S/C20H24O5/c1-14(6-5-12-20(2,3)22)11-13-24-16-9-7-15-8-10-17(21)25-18(15)19(16)23-4/h5,7-12,22H,6,13H2,1-4H3/b12-5+,14-11+. The number of methoxy groups -OCH3 is 1. The molecule has 1 N–H and O–H groups in total. The number of benzene rings is 1. The molecule has 0 aliphatic rings. The maximum atomic E-state index is 11.4. The molecule has 134 valence electrons. The van der Waals surface area contributed by atoms with E-state index in [4.69, 9.17) is 13.9 Å². The van der Waals surface area contributed by atoms with Gasteiger partial charge in [-0.3, -0.25) is 0 Å². The van der Waals surface area contributed by atoms with Gasteiger partial charge in [-0.15, -0.1) is 0 Å². The maximum absolute atomic E-state index is 11.4. The molecule has 25 heavy (non-hydrogen) atoms. The number of aliphatic hydroxyl groups is 1. The van der Waals surface area contributed by atoms with Crippen molar-refractivity contribution in [2.24, 2.45) is 0 Å². The molecule has 2 rings (SSSR count). The summed E-state index contributed by atoms with van der Waals surface area (Å²) < 4.78 is 16.3. The number of rotatable bonds is 7. The lowest BCUT2D eigenvalue weighted by molar-refractivity contribution is 0.133. The normalized spacial score (nSPS) is 12.8. The highest BCUT2D eigenvalue weighted by atomic mass is 16.5. The van der Waals surface area contributed by atoms with E-state index in [-0.39, 0.29) is 0 Å². The van der Waals surface area contributed by atoms with Crippen molar-refractivity contribution in [2.45, 2.75) is 32.8 Å². The molecule has 0 unspecified atom stereocenters. The molecule has 0 radical (unpaired) electrons. The number of hydrogen-bond acceptors (Lipinski definition) is 5. The van der Waals surface area contributed by atoms with E-state index in [9.17, 15) is 9.90 Å². The van der Waals surface area contributed by atoms with Gasteiger partial charge in [-0.1, -0.05) is 17.7 Å². The van der Waals surface area contributed by atoms with Crippen LogP contribution >= 0.6 is 0 Å². The second-order valence-electron chi connectivity index (χ2n) is 6.39. The van der Waals surface area contributed by atoms with Crippen molar-refractivity contribution in [1.29, 1.82) is 0 Å². The van der Waals surface area contributed by atoms with Crippen molar-refractivity contribution < 1.29 is 19.0 Å². The SMILES string of the molecule is COc1c(OC/C=C(\C)C/C=C/C(C)(C)O)ccc2ccc(=O)oc12. The van der Waals surface area contributed by atoms with Crippen molar-refractivity contribution in [3.63, 3.8) is 0 Å². The summed E-state index contributed by atoms with van der Waals surface area (Å²) in [6, 6.07) is 6.67. The minimum absolute atomic E-state index is 0.362. The van der Waals surface area contributed by atoms with E-state index in [1.165, 1.54) is 13.2 Å². The number of allylic oxidation sites excluding steroid dienone is 2. The molecule has 0 fully saturated rings. The topological polar surface area (TPSA) is 68.9 Å². The Morgan fingerprint density at radius 3 is 2.68 bits per heavy atom. The number of fused-ring (bicyclic) bond motifs is 1. The summed E-state index contributed by atoms with van der Waals surface area (Å²) in [6.45, 7) is 5.82. The quantitative estimate of drug-likeness (QED) is 0.610. The van der Waals surface area contributed by atoms with Crippen LogP contribution in [0.1, 0.15) is 27.2 Å². The fourth-order valence-electron chi connectivity index (χ4n) is 2.29. The summed E-state index contributed by atoms with van der Waals surface area (Å²) in [6.07, 6.45) is 6.38. The largest absolute Gasteiger partial charge is 0.490 e. The monoisotopic (exact) mass is 344 g/mol. The van der Waals surface area contributed by atoms with Gasteiger partial charge in [0.05, 0.1) is 12.7 Å². The summed E-state index contributed by atoms with van der Waals surface area (Å²) in [4.78, 5) is 11.4. The Kier molecular flexibility index (Phi) is 6.04. The van der Waals surface area contributed by atoms with Gasteiger partial charge in [-0.05, 0) is 51.5 Å². The van der Waals surface area contributed by atoms with E-state index >= 15 is 0 Å². The molecular formula is C20H24O5. The first-order valence-electron chi connectivity index (χ1n) is 8.09. The second-order valence-corrected chi connectivity index (χ2v) is 6.39. The van der Waals surface area contributed by atoms with Crippen LogP contribution in [0, 0.1) is 0 Å². The molecule has 1 heterocycles. The Labute approximate surface area is 147 Å². The summed E-state index contributed by atoms with van der Waals surface area (Å²) in [5.41, 5.74) is 0.254.